The summed E-state index contributed by atoms with van der Waals surface area (Å²) in [5, 5.41) is 0. The van der Waals surface area contributed by atoms with Crippen molar-refractivity contribution in [2.24, 2.45) is 11.8 Å². The minimum Gasteiger partial charge on any atom is -0.324 e. The second-order valence-corrected chi connectivity index (χ2v) is 5.55. The number of hydrazine groups is 1. The van der Waals surface area contributed by atoms with Crippen molar-refractivity contribution < 1.29 is 0 Å². The van der Waals surface area contributed by atoms with E-state index in [1.54, 1.807) is 0 Å². The lowest BCUT2D eigenvalue weighted by atomic mass is 9.92. The van der Waals surface area contributed by atoms with Crippen LogP contribution >= 0.6 is 0 Å². The SMILES string of the molecule is NNc1ccnc(CN2CCCC3CCCC32)c1. The van der Waals surface area contributed by atoms with Gasteiger partial charge in [-0.15, -0.1) is 0 Å². The minimum absolute atomic E-state index is 0.801. The van der Waals surface area contributed by atoms with E-state index in [-0.39, 0.29) is 0 Å². The Morgan fingerprint density at radius 1 is 1.33 bits per heavy atom. The molecule has 4 heteroatoms. The number of hydrogen-bond donors (Lipinski definition) is 2. The van der Waals surface area contributed by atoms with Gasteiger partial charge in [0.25, 0.3) is 0 Å². The molecule has 1 aliphatic heterocycles. The van der Waals surface area contributed by atoms with Crippen molar-refractivity contribution in [2.45, 2.75) is 44.7 Å². The first kappa shape index (κ1) is 11.9. The van der Waals surface area contributed by atoms with Gasteiger partial charge in [0.15, 0.2) is 0 Å². The van der Waals surface area contributed by atoms with Crippen molar-refractivity contribution in [3.8, 4) is 0 Å². The molecule has 0 radical (unpaired) electrons. The number of nitrogens with zero attached hydrogens (tertiary/aromatic N) is 2. The molecule has 1 aromatic heterocycles. The second kappa shape index (κ2) is 5.24. The topological polar surface area (TPSA) is 54.2 Å². The summed E-state index contributed by atoms with van der Waals surface area (Å²) in [6.45, 7) is 2.19. The van der Waals surface area contributed by atoms with Gasteiger partial charge in [-0.05, 0) is 50.3 Å². The van der Waals surface area contributed by atoms with Crippen LogP contribution in [-0.4, -0.2) is 22.5 Å². The Bertz CT molecular complexity index is 407. The van der Waals surface area contributed by atoms with Crippen LogP contribution in [0.5, 0.6) is 0 Å². The summed E-state index contributed by atoms with van der Waals surface area (Å²) < 4.78 is 0. The number of nitrogen functional groups attached to an aromatic ring is 1. The van der Waals surface area contributed by atoms with Gasteiger partial charge in [-0.25, -0.2) is 0 Å². The van der Waals surface area contributed by atoms with Crippen LogP contribution in [0, 0.1) is 5.92 Å². The zero-order valence-corrected chi connectivity index (χ0v) is 10.8. The highest BCUT2D eigenvalue weighted by Gasteiger charge is 2.34. The van der Waals surface area contributed by atoms with Gasteiger partial charge in [0.1, 0.15) is 0 Å². The van der Waals surface area contributed by atoms with E-state index < -0.39 is 0 Å². The number of rotatable bonds is 3. The summed E-state index contributed by atoms with van der Waals surface area (Å²) in [5.41, 5.74) is 4.76. The van der Waals surface area contributed by atoms with E-state index in [2.05, 4.69) is 21.4 Å². The van der Waals surface area contributed by atoms with Crippen LogP contribution in [0.3, 0.4) is 0 Å². The quantitative estimate of drug-likeness (QED) is 0.633. The molecule has 4 nitrogen and oxygen atoms in total. The lowest BCUT2D eigenvalue weighted by Crippen LogP contribution is -2.42. The van der Waals surface area contributed by atoms with E-state index in [0.717, 1.165) is 29.9 Å². The average molecular weight is 246 g/mol. The van der Waals surface area contributed by atoms with Gasteiger partial charge in [-0.2, -0.15) is 0 Å². The molecule has 1 saturated heterocycles. The Morgan fingerprint density at radius 3 is 3.11 bits per heavy atom. The Kier molecular flexibility index (Phi) is 3.48. The van der Waals surface area contributed by atoms with Gasteiger partial charge in [0, 0.05) is 18.8 Å². The summed E-state index contributed by atoms with van der Waals surface area (Å²) in [6.07, 6.45) is 8.82. The van der Waals surface area contributed by atoms with Gasteiger partial charge in [-0.1, -0.05) is 6.42 Å². The molecule has 2 fully saturated rings. The van der Waals surface area contributed by atoms with Crippen LogP contribution in [0.2, 0.25) is 0 Å². The zero-order valence-electron chi connectivity index (χ0n) is 10.8. The Hall–Kier alpha value is -1.13. The third-order valence-corrected chi connectivity index (χ3v) is 4.46. The number of piperidine rings is 1. The van der Waals surface area contributed by atoms with Gasteiger partial charge in [0.2, 0.25) is 0 Å². The van der Waals surface area contributed by atoms with Crippen molar-refractivity contribution in [1.82, 2.24) is 9.88 Å². The van der Waals surface area contributed by atoms with E-state index >= 15 is 0 Å². The first-order valence-corrected chi connectivity index (χ1v) is 7.02. The van der Waals surface area contributed by atoms with Crippen LogP contribution in [0.1, 0.15) is 37.8 Å². The molecule has 98 valence electrons. The van der Waals surface area contributed by atoms with Crippen LogP contribution in [-0.2, 0) is 6.54 Å². The predicted octanol–water partition coefficient (Wildman–Crippen LogP) is 2.13. The van der Waals surface area contributed by atoms with E-state index in [4.69, 9.17) is 5.84 Å². The maximum atomic E-state index is 5.45. The largest absolute Gasteiger partial charge is 0.324 e. The lowest BCUT2D eigenvalue weighted by molar-refractivity contribution is 0.104. The molecule has 2 aliphatic rings. The van der Waals surface area contributed by atoms with Gasteiger partial charge in [0.05, 0.1) is 11.4 Å². The Labute approximate surface area is 109 Å². The van der Waals surface area contributed by atoms with Gasteiger partial charge < -0.3 is 5.43 Å². The molecule has 3 rings (SSSR count). The summed E-state index contributed by atoms with van der Waals surface area (Å²) >= 11 is 0. The van der Waals surface area contributed by atoms with Crippen molar-refractivity contribution in [2.75, 3.05) is 12.0 Å². The molecule has 3 N–H and O–H groups in total. The third kappa shape index (κ3) is 2.35. The number of nitrogens with two attached hydrogens (primary N) is 1. The number of fused-ring (bicyclic) bond motifs is 1. The number of pyridine rings is 1. The second-order valence-electron chi connectivity index (χ2n) is 5.55. The molecule has 1 aliphatic carbocycles. The fourth-order valence-electron chi connectivity index (χ4n) is 3.62. The summed E-state index contributed by atoms with van der Waals surface area (Å²) in [6, 6.07) is 4.76. The van der Waals surface area contributed by atoms with E-state index in [9.17, 15) is 0 Å². The first-order chi connectivity index (χ1) is 8.86. The molecule has 0 bridgehead atoms. The highest BCUT2D eigenvalue weighted by Crippen LogP contribution is 2.37. The van der Waals surface area contributed by atoms with Crippen LogP contribution < -0.4 is 11.3 Å². The number of anilines is 1. The molecule has 2 atom stereocenters. The highest BCUT2D eigenvalue weighted by molar-refractivity contribution is 5.41. The van der Waals surface area contributed by atoms with E-state index in [0.29, 0.717) is 0 Å². The molecule has 18 heavy (non-hydrogen) atoms. The molecule has 1 saturated carbocycles. The summed E-state index contributed by atoms with van der Waals surface area (Å²) in [5.74, 6) is 6.39. The monoisotopic (exact) mass is 246 g/mol. The lowest BCUT2D eigenvalue weighted by Gasteiger charge is -2.37. The molecule has 0 aromatic carbocycles. The third-order valence-electron chi connectivity index (χ3n) is 4.46. The molecule has 0 spiro atoms. The first-order valence-electron chi connectivity index (χ1n) is 7.02. The maximum Gasteiger partial charge on any atom is 0.0565 e. The average Bonchev–Trinajstić information content (AvgIpc) is 2.88. The fraction of sp³-hybridized carbons (Fsp3) is 0.643. The molecular formula is C14H22N4. The smallest absolute Gasteiger partial charge is 0.0565 e. The van der Waals surface area contributed by atoms with E-state index in [1.807, 2.05) is 12.3 Å². The molecular weight excluding hydrogens is 224 g/mol. The Balaban J connectivity index is 1.70. The normalized spacial score (nSPS) is 28.1. The number of hydrogen-bond acceptors (Lipinski definition) is 4. The maximum absolute atomic E-state index is 5.45. The van der Waals surface area contributed by atoms with Crippen molar-refractivity contribution in [3.05, 3.63) is 24.0 Å². The van der Waals surface area contributed by atoms with Gasteiger partial charge in [-0.3, -0.25) is 15.7 Å². The van der Waals surface area contributed by atoms with Crippen molar-refractivity contribution in [3.63, 3.8) is 0 Å². The molecule has 2 unspecified atom stereocenters. The fourth-order valence-corrected chi connectivity index (χ4v) is 3.62. The summed E-state index contributed by atoms with van der Waals surface area (Å²) in [4.78, 5) is 7.09. The predicted molar refractivity (Wildman–Crippen MR) is 72.8 cm³/mol. The standard InChI is InChI=1S/C14H22N4/c15-17-12-6-7-16-13(9-12)10-18-8-2-4-11-3-1-5-14(11)18/h6-7,9,11,14H,1-5,8,10,15H2,(H,16,17). The molecule has 0 amide bonds. The van der Waals surface area contributed by atoms with E-state index in [1.165, 1.54) is 38.6 Å². The van der Waals surface area contributed by atoms with Crippen molar-refractivity contribution >= 4 is 5.69 Å². The number of nitrogens with one attached hydrogen (secondary N) is 1. The highest BCUT2D eigenvalue weighted by atomic mass is 15.2. The Morgan fingerprint density at radius 2 is 2.22 bits per heavy atom. The number of likely N-dealkylation sites (tertiary alicyclic amines) is 1. The van der Waals surface area contributed by atoms with Crippen LogP contribution in [0.15, 0.2) is 18.3 Å². The van der Waals surface area contributed by atoms with Gasteiger partial charge >= 0.3 is 0 Å². The van der Waals surface area contributed by atoms with Crippen molar-refractivity contribution in [1.29, 1.82) is 0 Å². The van der Waals surface area contributed by atoms with Crippen LogP contribution in [0.4, 0.5) is 5.69 Å². The zero-order chi connectivity index (χ0) is 12.4. The summed E-state index contributed by atoms with van der Waals surface area (Å²) in [7, 11) is 0. The van der Waals surface area contributed by atoms with Crippen LogP contribution in [0.25, 0.3) is 0 Å². The minimum atomic E-state index is 0.801. The number of aromatic nitrogens is 1. The molecule has 1 aromatic rings. The molecule has 2 heterocycles.